The van der Waals surface area contributed by atoms with Crippen molar-refractivity contribution in [3.63, 3.8) is 0 Å². The molecule has 1 heterocycles. The van der Waals surface area contributed by atoms with Crippen LogP contribution >= 0.6 is 0 Å². The van der Waals surface area contributed by atoms with Gasteiger partial charge >= 0.3 is 0 Å². The highest BCUT2D eigenvalue weighted by Gasteiger charge is 2.19. The van der Waals surface area contributed by atoms with E-state index in [1.165, 1.54) is 0 Å². The summed E-state index contributed by atoms with van der Waals surface area (Å²) in [5.74, 6) is 0.479. The summed E-state index contributed by atoms with van der Waals surface area (Å²) >= 11 is 0. The molecule has 22 heavy (non-hydrogen) atoms. The number of amides is 1. The van der Waals surface area contributed by atoms with Crippen molar-refractivity contribution in [2.75, 3.05) is 39.9 Å². The normalized spacial score (nSPS) is 16.2. The molecule has 0 aliphatic carbocycles. The number of nitrogens with one attached hydrogen (secondary N) is 1. The summed E-state index contributed by atoms with van der Waals surface area (Å²) in [6, 6.07) is 8.78. The van der Waals surface area contributed by atoms with Crippen molar-refractivity contribution in [2.45, 2.75) is 12.8 Å². The van der Waals surface area contributed by atoms with Crippen LogP contribution in [0.5, 0.6) is 0 Å². The maximum Gasteiger partial charge on any atom is 0.251 e. The Hall–Kier alpha value is -1.90. The number of likely N-dealkylation sites (tertiary alicyclic amines) is 1. The van der Waals surface area contributed by atoms with Gasteiger partial charge in [-0.15, -0.1) is 0 Å². The van der Waals surface area contributed by atoms with E-state index < -0.39 is 0 Å². The third-order valence-electron chi connectivity index (χ3n) is 4.15. The molecule has 1 saturated heterocycles. The summed E-state index contributed by atoms with van der Waals surface area (Å²) < 4.78 is 5.10. The molecule has 0 spiro atoms. The summed E-state index contributed by atoms with van der Waals surface area (Å²) in [6.07, 6.45) is 2.22. The number of hydrogen-bond donors (Lipinski definition) is 1. The van der Waals surface area contributed by atoms with Gasteiger partial charge in [0.1, 0.15) is 0 Å². The fraction of sp³-hybridized carbons (Fsp3) is 0.529. The molecule has 0 saturated carbocycles. The number of nitrogens with zero attached hydrogens (tertiary/aromatic N) is 2. The molecule has 0 unspecified atom stereocenters. The molecule has 1 aliphatic heterocycles. The van der Waals surface area contributed by atoms with Crippen LogP contribution in [0.1, 0.15) is 28.8 Å². The SMILES string of the molecule is COCCN1CCC(CNC(=O)c2ccc(C#N)cc2)CC1. The maximum atomic E-state index is 12.1. The third-order valence-corrected chi connectivity index (χ3v) is 4.15. The smallest absolute Gasteiger partial charge is 0.251 e. The second kappa shape index (κ2) is 8.52. The van der Waals surface area contributed by atoms with E-state index in [4.69, 9.17) is 10.00 Å². The summed E-state index contributed by atoms with van der Waals surface area (Å²) in [7, 11) is 1.73. The molecule has 1 fully saturated rings. The van der Waals surface area contributed by atoms with E-state index in [1.807, 2.05) is 0 Å². The van der Waals surface area contributed by atoms with Crippen molar-refractivity contribution < 1.29 is 9.53 Å². The van der Waals surface area contributed by atoms with Crippen molar-refractivity contribution in [1.82, 2.24) is 10.2 Å². The summed E-state index contributed by atoms with van der Waals surface area (Å²) in [6.45, 7) is 4.62. The summed E-state index contributed by atoms with van der Waals surface area (Å²) in [5, 5.41) is 11.8. The molecule has 1 N–H and O–H groups in total. The largest absolute Gasteiger partial charge is 0.383 e. The molecule has 0 atom stereocenters. The number of hydrogen-bond acceptors (Lipinski definition) is 4. The van der Waals surface area contributed by atoms with E-state index in [9.17, 15) is 4.79 Å². The molecule has 5 nitrogen and oxygen atoms in total. The first-order chi connectivity index (χ1) is 10.7. The minimum Gasteiger partial charge on any atom is -0.383 e. The minimum absolute atomic E-state index is 0.0636. The number of methoxy groups -OCH3 is 1. The fourth-order valence-electron chi connectivity index (χ4n) is 2.67. The van der Waals surface area contributed by atoms with E-state index in [0.717, 1.165) is 45.6 Å². The van der Waals surface area contributed by atoms with Gasteiger partial charge in [0.15, 0.2) is 0 Å². The van der Waals surface area contributed by atoms with Gasteiger partial charge in [-0.25, -0.2) is 0 Å². The third kappa shape index (κ3) is 4.83. The molecule has 0 bridgehead atoms. The molecule has 5 heteroatoms. The monoisotopic (exact) mass is 301 g/mol. The number of ether oxygens (including phenoxy) is 1. The lowest BCUT2D eigenvalue weighted by atomic mass is 9.96. The average Bonchev–Trinajstić information content (AvgIpc) is 2.58. The Labute approximate surface area is 131 Å². The molecule has 1 aromatic carbocycles. The van der Waals surface area contributed by atoms with E-state index >= 15 is 0 Å². The predicted molar refractivity (Wildman–Crippen MR) is 84.5 cm³/mol. The van der Waals surface area contributed by atoms with Crippen LogP contribution in [0.25, 0.3) is 0 Å². The molecule has 1 aromatic rings. The first-order valence-corrected chi connectivity index (χ1v) is 7.72. The number of carbonyl (C=O) groups excluding carboxylic acids is 1. The van der Waals surface area contributed by atoms with Gasteiger partial charge in [-0.05, 0) is 56.1 Å². The Balaban J connectivity index is 1.72. The molecular weight excluding hydrogens is 278 g/mol. The highest BCUT2D eigenvalue weighted by molar-refractivity contribution is 5.94. The van der Waals surface area contributed by atoms with Crippen LogP contribution in [0.3, 0.4) is 0 Å². The number of carbonyl (C=O) groups is 1. The van der Waals surface area contributed by atoms with Crippen molar-refractivity contribution in [3.8, 4) is 6.07 Å². The molecule has 0 aromatic heterocycles. The van der Waals surface area contributed by atoms with E-state index in [1.54, 1.807) is 31.4 Å². The van der Waals surface area contributed by atoms with Gasteiger partial charge in [0, 0.05) is 25.8 Å². The topological polar surface area (TPSA) is 65.4 Å². The summed E-state index contributed by atoms with van der Waals surface area (Å²) in [5.41, 5.74) is 1.18. The standard InChI is InChI=1S/C17H23N3O2/c1-22-11-10-20-8-6-15(7-9-20)13-19-17(21)16-4-2-14(12-18)3-5-16/h2-5,15H,6-11,13H2,1H3,(H,19,21). The van der Waals surface area contributed by atoms with Crippen LogP contribution in [-0.2, 0) is 4.74 Å². The van der Waals surface area contributed by atoms with Gasteiger partial charge in [0.25, 0.3) is 5.91 Å². The van der Waals surface area contributed by atoms with Gasteiger partial charge in [-0.3, -0.25) is 4.79 Å². The first kappa shape index (κ1) is 16.5. The van der Waals surface area contributed by atoms with Crippen LogP contribution in [-0.4, -0.2) is 50.7 Å². The van der Waals surface area contributed by atoms with Gasteiger partial charge in [-0.2, -0.15) is 5.26 Å². The average molecular weight is 301 g/mol. The van der Waals surface area contributed by atoms with Crippen molar-refractivity contribution in [3.05, 3.63) is 35.4 Å². The summed E-state index contributed by atoms with van der Waals surface area (Å²) in [4.78, 5) is 14.5. The Morgan fingerprint density at radius 3 is 2.64 bits per heavy atom. The molecule has 0 radical (unpaired) electrons. The molecule has 2 rings (SSSR count). The van der Waals surface area contributed by atoms with Crippen LogP contribution < -0.4 is 5.32 Å². The Kier molecular flexibility index (Phi) is 6.38. The number of rotatable bonds is 6. The fourth-order valence-corrected chi connectivity index (χ4v) is 2.67. The van der Waals surface area contributed by atoms with Crippen molar-refractivity contribution in [2.24, 2.45) is 5.92 Å². The number of nitriles is 1. The number of benzene rings is 1. The van der Waals surface area contributed by atoms with Crippen LogP contribution in [0.15, 0.2) is 24.3 Å². The zero-order valence-corrected chi connectivity index (χ0v) is 13.0. The lowest BCUT2D eigenvalue weighted by molar-refractivity contribution is 0.0926. The lowest BCUT2D eigenvalue weighted by Gasteiger charge is -2.31. The highest BCUT2D eigenvalue weighted by Crippen LogP contribution is 2.16. The Morgan fingerprint density at radius 1 is 1.36 bits per heavy atom. The van der Waals surface area contributed by atoms with Gasteiger partial charge in [0.2, 0.25) is 0 Å². The molecular formula is C17H23N3O2. The lowest BCUT2D eigenvalue weighted by Crippen LogP contribution is -2.39. The predicted octanol–water partition coefficient (Wildman–Crippen LogP) is 1.65. The zero-order valence-electron chi connectivity index (χ0n) is 13.0. The van der Waals surface area contributed by atoms with E-state index in [-0.39, 0.29) is 5.91 Å². The van der Waals surface area contributed by atoms with Crippen LogP contribution in [0.2, 0.25) is 0 Å². The Bertz CT molecular complexity index is 514. The first-order valence-electron chi connectivity index (χ1n) is 7.72. The van der Waals surface area contributed by atoms with Crippen molar-refractivity contribution in [1.29, 1.82) is 5.26 Å². The minimum atomic E-state index is -0.0636. The van der Waals surface area contributed by atoms with E-state index in [2.05, 4.69) is 16.3 Å². The number of piperidine rings is 1. The van der Waals surface area contributed by atoms with Crippen molar-refractivity contribution >= 4 is 5.91 Å². The second-order valence-electron chi connectivity index (χ2n) is 5.68. The Morgan fingerprint density at radius 2 is 2.05 bits per heavy atom. The quantitative estimate of drug-likeness (QED) is 0.867. The van der Waals surface area contributed by atoms with E-state index in [0.29, 0.717) is 17.0 Å². The van der Waals surface area contributed by atoms with Gasteiger partial charge < -0.3 is 15.0 Å². The highest BCUT2D eigenvalue weighted by atomic mass is 16.5. The van der Waals surface area contributed by atoms with Crippen LogP contribution in [0, 0.1) is 17.2 Å². The zero-order chi connectivity index (χ0) is 15.8. The molecule has 1 amide bonds. The second-order valence-corrected chi connectivity index (χ2v) is 5.68. The molecule has 1 aliphatic rings. The van der Waals surface area contributed by atoms with Gasteiger partial charge in [-0.1, -0.05) is 0 Å². The van der Waals surface area contributed by atoms with Gasteiger partial charge in [0.05, 0.1) is 18.2 Å². The molecule has 118 valence electrons. The van der Waals surface area contributed by atoms with Crippen LogP contribution in [0.4, 0.5) is 0 Å². The maximum absolute atomic E-state index is 12.1.